The average Bonchev–Trinajstić information content (AvgIpc) is 2.99. The van der Waals surface area contributed by atoms with E-state index in [1.165, 1.54) is 19.3 Å². The second-order valence-electron chi connectivity index (χ2n) is 8.92. The SMILES string of the molecule is COc1cc(N2CCCNCC2)ccc1-c1nn2c(C)nc(C3CCCCC3)c2c(=O)[nH]1. The van der Waals surface area contributed by atoms with Gasteiger partial charge >= 0.3 is 0 Å². The van der Waals surface area contributed by atoms with Crippen LogP contribution < -0.4 is 20.5 Å². The molecule has 3 heterocycles. The smallest absolute Gasteiger partial charge is 0.277 e. The van der Waals surface area contributed by atoms with Gasteiger partial charge in [-0.3, -0.25) is 4.79 Å². The van der Waals surface area contributed by atoms with Crippen molar-refractivity contribution in [2.24, 2.45) is 0 Å². The summed E-state index contributed by atoms with van der Waals surface area (Å²) in [6.45, 7) is 5.91. The molecule has 0 radical (unpaired) electrons. The highest BCUT2D eigenvalue weighted by Gasteiger charge is 2.25. The molecular formula is C24H32N6O2. The number of hydrogen-bond donors (Lipinski definition) is 2. The Balaban J connectivity index is 1.54. The van der Waals surface area contributed by atoms with Crippen molar-refractivity contribution in [1.82, 2.24) is 24.9 Å². The molecule has 0 unspecified atom stereocenters. The molecule has 3 aromatic rings. The van der Waals surface area contributed by atoms with Gasteiger partial charge < -0.3 is 19.9 Å². The van der Waals surface area contributed by atoms with Crippen LogP contribution in [0.25, 0.3) is 16.9 Å². The van der Waals surface area contributed by atoms with Crippen molar-refractivity contribution in [3.63, 3.8) is 0 Å². The highest BCUT2D eigenvalue weighted by atomic mass is 16.5. The van der Waals surface area contributed by atoms with Crippen molar-refractivity contribution < 1.29 is 4.74 Å². The number of aromatic nitrogens is 4. The quantitative estimate of drug-likeness (QED) is 0.653. The van der Waals surface area contributed by atoms with Crippen LogP contribution in [0.1, 0.15) is 56.0 Å². The van der Waals surface area contributed by atoms with Gasteiger partial charge in [-0.15, -0.1) is 5.10 Å². The van der Waals surface area contributed by atoms with Crippen molar-refractivity contribution in [2.45, 2.75) is 51.4 Å². The number of nitrogens with zero attached hydrogens (tertiary/aromatic N) is 4. The van der Waals surface area contributed by atoms with E-state index in [1.54, 1.807) is 11.6 Å². The normalized spacial score (nSPS) is 18.1. The lowest BCUT2D eigenvalue weighted by atomic mass is 9.87. The average molecular weight is 437 g/mol. The molecule has 2 aliphatic rings. The number of imidazole rings is 1. The first kappa shape index (κ1) is 21.0. The van der Waals surface area contributed by atoms with E-state index >= 15 is 0 Å². The molecule has 2 fully saturated rings. The first-order chi connectivity index (χ1) is 15.7. The third kappa shape index (κ3) is 3.88. The van der Waals surface area contributed by atoms with E-state index in [2.05, 4.69) is 21.3 Å². The molecule has 1 aliphatic carbocycles. The third-order valence-corrected chi connectivity index (χ3v) is 6.83. The predicted molar refractivity (Wildman–Crippen MR) is 126 cm³/mol. The van der Waals surface area contributed by atoms with E-state index in [1.807, 2.05) is 19.1 Å². The van der Waals surface area contributed by atoms with E-state index in [-0.39, 0.29) is 5.56 Å². The number of methoxy groups -OCH3 is 1. The molecule has 32 heavy (non-hydrogen) atoms. The van der Waals surface area contributed by atoms with Crippen molar-refractivity contribution in [2.75, 3.05) is 38.2 Å². The summed E-state index contributed by atoms with van der Waals surface area (Å²) in [5.41, 5.74) is 3.25. The molecule has 0 bridgehead atoms. The number of fused-ring (bicyclic) bond motifs is 1. The summed E-state index contributed by atoms with van der Waals surface area (Å²) < 4.78 is 7.43. The molecule has 0 atom stereocenters. The first-order valence-corrected chi connectivity index (χ1v) is 11.8. The number of H-pyrrole nitrogens is 1. The monoisotopic (exact) mass is 436 g/mol. The van der Waals surface area contributed by atoms with Crippen molar-refractivity contribution in [3.8, 4) is 17.1 Å². The molecule has 8 nitrogen and oxygen atoms in total. The van der Waals surface area contributed by atoms with E-state index in [9.17, 15) is 4.79 Å². The fourth-order valence-electron chi connectivity index (χ4n) is 5.13. The van der Waals surface area contributed by atoms with E-state index in [0.29, 0.717) is 23.0 Å². The van der Waals surface area contributed by atoms with Gasteiger partial charge in [-0.2, -0.15) is 0 Å². The van der Waals surface area contributed by atoms with Gasteiger partial charge in [0, 0.05) is 37.3 Å². The zero-order chi connectivity index (χ0) is 22.1. The number of rotatable bonds is 4. The third-order valence-electron chi connectivity index (χ3n) is 6.83. The maximum Gasteiger partial charge on any atom is 0.277 e. The topological polar surface area (TPSA) is 87.5 Å². The van der Waals surface area contributed by atoms with Crippen LogP contribution >= 0.6 is 0 Å². The van der Waals surface area contributed by atoms with Crippen molar-refractivity contribution in [3.05, 3.63) is 40.1 Å². The molecule has 2 aromatic heterocycles. The first-order valence-electron chi connectivity index (χ1n) is 11.8. The number of aryl methyl sites for hydroxylation is 1. The highest BCUT2D eigenvalue weighted by molar-refractivity contribution is 5.69. The van der Waals surface area contributed by atoms with E-state index in [4.69, 9.17) is 14.8 Å². The fraction of sp³-hybridized carbons (Fsp3) is 0.542. The Morgan fingerprint density at radius 3 is 2.75 bits per heavy atom. The van der Waals surface area contributed by atoms with Crippen LogP contribution in [0.5, 0.6) is 5.75 Å². The minimum atomic E-state index is -0.138. The second-order valence-corrected chi connectivity index (χ2v) is 8.92. The molecular weight excluding hydrogens is 404 g/mol. The molecule has 0 spiro atoms. The van der Waals surface area contributed by atoms with Gasteiger partial charge in [0.05, 0.1) is 18.4 Å². The summed E-state index contributed by atoms with van der Waals surface area (Å²) in [5, 5.41) is 8.22. The number of nitrogens with one attached hydrogen (secondary N) is 2. The standard InChI is InChI=1S/C24H32N6O2/c1-16-26-21(17-7-4-3-5-8-17)22-24(31)27-23(28-30(16)22)19-10-9-18(15-20(19)32-2)29-13-6-11-25-12-14-29/h9-10,15,17,25H,3-8,11-14H2,1-2H3,(H,27,28,31). The molecule has 0 amide bonds. The van der Waals surface area contributed by atoms with Crippen molar-refractivity contribution in [1.29, 1.82) is 0 Å². The van der Waals surface area contributed by atoms with Crippen LogP contribution in [0.4, 0.5) is 5.69 Å². The fourth-order valence-corrected chi connectivity index (χ4v) is 5.13. The number of aromatic amines is 1. The van der Waals surface area contributed by atoms with Gasteiger partial charge in [-0.1, -0.05) is 19.3 Å². The summed E-state index contributed by atoms with van der Waals surface area (Å²) in [6, 6.07) is 6.12. The lowest BCUT2D eigenvalue weighted by Gasteiger charge is -2.23. The number of hydrogen-bond acceptors (Lipinski definition) is 6. The zero-order valence-electron chi connectivity index (χ0n) is 19.0. The summed E-state index contributed by atoms with van der Waals surface area (Å²) in [5.74, 6) is 2.30. The predicted octanol–water partition coefficient (Wildman–Crippen LogP) is 3.25. The lowest BCUT2D eigenvalue weighted by Crippen LogP contribution is -2.27. The van der Waals surface area contributed by atoms with Crippen LogP contribution in [-0.4, -0.2) is 52.9 Å². The highest BCUT2D eigenvalue weighted by Crippen LogP contribution is 2.35. The van der Waals surface area contributed by atoms with Gasteiger partial charge in [-0.05, 0) is 44.9 Å². The maximum absolute atomic E-state index is 13.2. The summed E-state index contributed by atoms with van der Waals surface area (Å²) in [6.07, 6.45) is 6.96. The van der Waals surface area contributed by atoms with Gasteiger partial charge in [0.1, 0.15) is 11.6 Å². The minimum absolute atomic E-state index is 0.138. The second kappa shape index (κ2) is 8.94. The van der Waals surface area contributed by atoms with Gasteiger partial charge in [0.15, 0.2) is 11.3 Å². The van der Waals surface area contributed by atoms with Gasteiger partial charge in [0.2, 0.25) is 0 Å². The van der Waals surface area contributed by atoms with Crippen LogP contribution in [0, 0.1) is 6.92 Å². The van der Waals surface area contributed by atoms with Gasteiger partial charge in [-0.25, -0.2) is 9.50 Å². The van der Waals surface area contributed by atoms with Crippen LogP contribution in [0.3, 0.4) is 0 Å². The lowest BCUT2D eigenvalue weighted by molar-refractivity contribution is 0.416. The molecule has 1 aliphatic heterocycles. The summed E-state index contributed by atoms with van der Waals surface area (Å²) in [4.78, 5) is 23.3. The summed E-state index contributed by atoms with van der Waals surface area (Å²) >= 11 is 0. The largest absolute Gasteiger partial charge is 0.496 e. The Labute approximate surface area is 188 Å². The Morgan fingerprint density at radius 2 is 1.94 bits per heavy atom. The Bertz CT molecular complexity index is 1150. The van der Waals surface area contributed by atoms with Crippen LogP contribution in [-0.2, 0) is 0 Å². The van der Waals surface area contributed by atoms with Crippen LogP contribution in [0.15, 0.2) is 23.0 Å². The minimum Gasteiger partial charge on any atom is -0.496 e. The number of benzene rings is 1. The van der Waals surface area contributed by atoms with Crippen molar-refractivity contribution >= 4 is 11.2 Å². The molecule has 1 saturated carbocycles. The van der Waals surface area contributed by atoms with Crippen LogP contribution in [0.2, 0.25) is 0 Å². The molecule has 170 valence electrons. The van der Waals surface area contributed by atoms with E-state index < -0.39 is 0 Å². The number of anilines is 1. The Morgan fingerprint density at radius 1 is 1.09 bits per heavy atom. The Hall–Kier alpha value is -2.87. The molecule has 1 aromatic carbocycles. The van der Waals surface area contributed by atoms with E-state index in [0.717, 1.165) is 68.2 Å². The van der Waals surface area contributed by atoms with Gasteiger partial charge in [0.25, 0.3) is 5.56 Å². The molecule has 1 saturated heterocycles. The molecule has 2 N–H and O–H groups in total. The maximum atomic E-state index is 13.2. The molecule has 8 heteroatoms. The number of ether oxygens (including phenoxy) is 1. The zero-order valence-corrected chi connectivity index (χ0v) is 19.0. The molecule has 5 rings (SSSR count). The Kier molecular flexibility index (Phi) is 5.87. The summed E-state index contributed by atoms with van der Waals surface area (Å²) in [7, 11) is 1.66.